The first-order valence-corrected chi connectivity index (χ1v) is 10.8. The molecular weight excluding hydrogens is 398 g/mol. The summed E-state index contributed by atoms with van der Waals surface area (Å²) in [5.74, 6) is -0.273. The number of aryl methyl sites for hydroxylation is 2. The van der Waals surface area contributed by atoms with Crippen molar-refractivity contribution < 1.29 is 9.21 Å². The highest BCUT2D eigenvalue weighted by molar-refractivity contribution is 7.22. The molecule has 4 aromatic rings. The minimum absolute atomic E-state index is 0.0910. The molecule has 0 radical (unpaired) electrons. The smallest absolute Gasteiger partial charge is 0.261 e. The first-order chi connectivity index (χ1) is 14.5. The number of carbonyl (C=O) groups excluding carboxylic acids is 1. The van der Waals surface area contributed by atoms with Gasteiger partial charge in [0.2, 0.25) is 5.43 Å². The number of anilines is 1. The number of carbonyl (C=O) groups is 1. The van der Waals surface area contributed by atoms with Gasteiger partial charge in [-0.15, -0.1) is 0 Å². The van der Waals surface area contributed by atoms with E-state index in [1.807, 2.05) is 0 Å². The highest BCUT2D eigenvalue weighted by atomic mass is 32.1. The third-order valence-electron chi connectivity index (χ3n) is 5.82. The number of thiazole rings is 1. The average Bonchev–Trinajstić information content (AvgIpc) is 3.22. The summed E-state index contributed by atoms with van der Waals surface area (Å²) in [7, 11) is 0. The lowest BCUT2D eigenvalue weighted by Gasteiger charge is -2.34. The average molecular weight is 420 g/mol. The van der Waals surface area contributed by atoms with Gasteiger partial charge in [0.05, 0.1) is 15.6 Å². The van der Waals surface area contributed by atoms with Crippen molar-refractivity contribution in [1.82, 2.24) is 9.88 Å². The van der Waals surface area contributed by atoms with Gasteiger partial charge >= 0.3 is 0 Å². The second-order valence-corrected chi connectivity index (χ2v) is 8.61. The van der Waals surface area contributed by atoms with Crippen LogP contribution in [0.5, 0.6) is 0 Å². The first-order valence-electron chi connectivity index (χ1n) is 9.94. The van der Waals surface area contributed by atoms with Gasteiger partial charge in [0, 0.05) is 26.2 Å². The summed E-state index contributed by atoms with van der Waals surface area (Å²) in [5.41, 5.74) is 3.82. The fourth-order valence-electron chi connectivity index (χ4n) is 3.85. The molecule has 3 heterocycles. The summed E-state index contributed by atoms with van der Waals surface area (Å²) in [4.78, 5) is 34.5. The number of hydrogen-bond acceptors (Lipinski definition) is 6. The molecule has 1 aliphatic rings. The van der Waals surface area contributed by atoms with Crippen LogP contribution in [0.25, 0.3) is 21.2 Å². The molecule has 1 aliphatic heterocycles. The van der Waals surface area contributed by atoms with Crippen molar-refractivity contribution in [3.63, 3.8) is 0 Å². The second-order valence-electron chi connectivity index (χ2n) is 7.60. The molecule has 2 aromatic heterocycles. The zero-order chi connectivity index (χ0) is 20.8. The van der Waals surface area contributed by atoms with Crippen molar-refractivity contribution in [2.75, 3.05) is 31.1 Å². The topological polar surface area (TPSA) is 66.7 Å². The van der Waals surface area contributed by atoms with Gasteiger partial charge in [-0.25, -0.2) is 4.98 Å². The lowest BCUT2D eigenvalue weighted by atomic mass is 10.1. The summed E-state index contributed by atoms with van der Waals surface area (Å²) in [6.45, 7) is 6.65. The van der Waals surface area contributed by atoms with Crippen LogP contribution in [0.3, 0.4) is 0 Å². The molecule has 30 heavy (non-hydrogen) atoms. The van der Waals surface area contributed by atoms with Gasteiger partial charge in [0.1, 0.15) is 17.4 Å². The Morgan fingerprint density at radius 3 is 2.63 bits per heavy atom. The number of fused-ring (bicyclic) bond motifs is 2. The van der Waals surface area contributed by atoms with Gasteiger partial charge in [0.25, 0.3) is 5.91 Å². The Balaban J connectivity index is 1.35. The van der Waals surface area contributed by atoms with Crippen molar-refractivity contribution in [2.24, 2.45) is 0 Å². The van der Waals surface area contributed by atoms with Crippen molar-refractivity contribution in [1.29, 1.82) is 0 Å². The first kappa shape index (κ1) is 18.8. The van der Waals surface area contributed by atoms with Crippen LogP contribution in [0.1, 0.15) is 21.5 Å². The molecule has 0 saturated carbocycles. The monoisotopic (exact) mass is 419 g/mol. The van der Waals surface area contributed by atoms with E-state index in [0.29, 0.717) is 37.1 Å². The Morgan fingerprint density at radius 1 is 1.07 bits per heavy atom. The highest BCUT2D eigenvalue weighted by Gasteiger charge is 2.26. The molecule has 5 rings (SSSR count). The summed E-state index contributed by atoms with van der Waals surface area (Å²) >= 11 is 1.68. The van der Waals surface area contributed by atoms with Gasteiger partial charge in [-0.1, -0.05) is 29.5 Å². The Morgan fingerprint density at radius 2 is 1.83 bits per heavy atom. The van der Waals surface area contributed by atoms with E-state index in [2.05, 4.69) is 30.9 Å². The van der Waals surface area contributed by atoms with Crippen LogP contribution in [-0.4, -0.2) is 42.0 Å². The summed E-state index contributed by atoms with van der Waals surface area (Å²) in [6.07, 6.45) is 1.29. The quantitative estimate of drug-likeness (QED) is 0.492. The normalized spacial score (nSPS) is 14.6. The minimum Gasteiger partial charge on any atom is -0.463 e. The number of piperazine rings is 1. The maximum absolute atomic E-state index is 13.0. The number of hydrogen-bond donors (Lipinski definition) is 0. The molecule has 6 nitrogen and oxygen atoms in total. The van der Waals surface area contributed by atoms with Crippen molar-refractivity contribution in [3.8, 4) is 0 Å². The molecule has 0 N–H and O–H groups in total. The van der Waals surface area contributed by atoms with E-state index in [0.717, 1.165) is 10.6 Å². The second kappa shape index (κ2) is 7.25. The Labute approximate surface area is 177 Å². The van der Waals surface area contributed by atoms with Crippen LogP contribution in [0, 0.1) is 13.8 Å². The number of amides is 1. The molecule has 0 bridgehead atoms. The maximum Gasteiger partial charge on any atom is 0.261 e. The third kappa shape index (κ3) is 3.06. The number of rotatable bonds is 2. The molecule has 0 aliphatic carbocycles. The van der Waals surface area contributed by atoms with E-state index in [1.165, 1.54) is 22.1 Å². The largest absolute Gasteiger partial charge is 0.463 e. The molecule has 152 valence electrons. The summed E-state index contributed by atoms with van der Waals surface area (Å²) in [6, 6.07) is 11.2. The number of nitrogens with zero attached hydrogens (tertiary/aromatic N) is 3. The van der Waals surface area contributed by atoms with Crippen LogP contribution < -0.4 is 10.3 Å². The zero-order valence-electron chi connectivity index (χ0n) is 16.8. The molecule has 1 amide bonds. The van der Waals surface area contributed by atoms with E-state index < -0.39 is 0 Å². The lowest BCUT2D eigenvalue weighted by molar-refractivity contribution is 0.0743. The van der Waals surface area contributed by atoms with E-state index in [1.54, 1.807) is 40.5 Å². The van der Waals surface area contributed by atoms with E-state index >= 15 is 0 Å². The summed E-state index contributed by atoms with van der Waals surface area (Å²) in [5, 5.41) is 1.41. The summed E-state index contributed by atoms with van der Waals surface area (Å²) < 4.78 is 6.70. The molecule has 0 unspecified atom stereocenters. The molecule has 1 fully saturated rings. The molecular formula is C23H21N3O3S. The fraction of sp³-hybridized carbons (Fsp3) is 0.261. The van der Waals surface area contributed by atoms with Crippen molar-refractivity contribution >= 4 is 43.6 Å². The lowest BCUT2D eigenvalue weighted by Crippen LogP contribution is -2.49. The molecule has 0 spiro atoms. The van der Waals surface area contributed by atoms with Gasteiger partial charge in [-0.2, -0.15) is 0 Å². The number of para-hydroxylation sites is 1. The van der Waals surface area contributed by atoms with Crippen LogP contribution in [0.4, 0.5) is 5.13 Å². The SMILES string of the molecule is Cc1ccc2sc(N3CCN(C(=O)c4coc5ccccc5c4=O)CC3)nc2c1C. The Hall–Kier alpha value is -3.19. The maximum atomic E-state index is 13.0. The van der Waals surface area contributed by atoms with E-state index in [-0.39, 0.29) is 16.9 Å². The van der Waals surface area contributed by atoms with Gasteiger partial charge in [-0.05, 0) is 43.2 Å². The number of aromatic nitrogens is 1. The third-order valence-corrected chi connectivity index (χ3v) is 6.90. The van der Waals surface area contributed by atoms with E-state index in [9.17, 15) is 9.59 Å². The van der Waals surface area contributed by atoms with Crippen LogP contribution in [0.2, 0.25) is 0 Å². The molecule has 0 atom stereocenters. The minimum atomic E-state index is -0.277. The standard InChI is InChI=1S/C23H21N3O3S/c1-14-7-8-19-20(15(14)2)24-23(30-19)26-11-9-25(10-12-26)22(28)17-13-29-18-6-4-3-5-16(18)21(17)27/h3-8,13H,9-12H2,1-2H3. The zero-order valence-corrected chi connectivity index (χ0v) is 17.7. The predicted molar refractivity (Wildman–Crippen MR) is 120 cm³/mol. The van der Waals surface area contributed by atoms with Crippen LogP contribution in [0.15, 0.2) is 51.9 Å². The molecule has 1 saturated heterocycles. The Kier molecular flexibility index (Phi) is 4.55. The highest BCUT2D eigenvalue weighted by Crippen LogP contribution is 2.32. The van der Waals surface area contributed by atoms with Crippen LogP contribution in [-0.2, 0) is 0 Å². The Bertz CT molecular complexity index is 1330. The van der Waals surface area contributed by atoms with Crippen molar-refractivity contribution in [3.05, 3.63) is 69.6 Å². The van der Waals surface area contributed by atoms with E-state index in [4.69, 9.17) is 9.40 Å². The fourth-order valence-corrected chi connectivity index (χ4v) is 4.92. The number of benzene rings is 2. The molecule has 7 heteroatoms. The van der Waals surface area contributed by atoms with Gasteiger partial charge < -0.3 is 14.2 Å². The van der Waals surface area contributed by atoms with Crippen molar-refractivity contribution in [2.45, 2.75) is 13.8 Å². The predicted octanol–water partition coefficient (Wildman–Crippen LogP) is 3.98. The van der Waals surface area contributed by atoms with Gasteiger partial charge in [0.15, 0.2) is 5.13 Å². The molecule has 2 aromatic carbocycles. The van der Waals surface area contributed by atoms with Gasteiger partial charge in [-0.3, -0.25) is 9.59 Å². The van der Waals surface area contributed by atoms with Crippen LogP contribution >= 0.6 is 11.3 Å².